The first-order valence-corrected chi connectivity index (χ1v) is 8.77. The van der Waals surface area contributed by atoms with Crippen LogP contribution in [-0.4, -0.2) is 38.4 Å². The number of hydrogen-bond acceptors (Lipinski definition) is 4. The van der Waals surface area contributed by atoms with Crippen molar-refractivity contribution in [1.82, 2.24) is 9.62 Å². The highest BCUT2D eigenvalue weighted by Crippen LogP contribution is 2.32. The Labute approximate surface area is 129 Å². The standard InChI is InChI=1S/C14H16ClN3O2S/c15-12-6-10(7-16)3-4-14(12)21(19,20)18-8-11-2-1-5-17-13(11)9-18/h3-4,6,11,13,17H,1-2,5,8-9H2. The first-order chi connectivity index (χ1) is 10.0. The van der Waals surface area contributed by atoms with Crippen LogP contribution in [0, 0.1) is 17.2 Å². The molecule has 2 atom stereocenters. The smallest absolute Gasteiger partial charge is 0.244 e. The Balaban J connectivity index is 1.89. The normalized spacial score (nSPS) is 26.3. The quantitative estimate of drug-likeness (QED) is 0.896. The lowest BCUT2D eigenvalue weighted by atomic mass is 9.94. The molecule has 1 N–H and O–H groups in total. The van der Waals surface area contributed by atoms with E-state index in [0.717, 1.165) is 19.4 Å². The molecule has 0 aromatic heterocycles. The van der Waals surface area contributed by atoms with Gasteiger partial charge in [-0.15, -0.1) is 0 Å². The molecule has 3 rings (SSSR count). The van der Waals surface area contributed by atoms with Crippen LogP contribution in [0.25, 0.3) is 0 Å². The molecule has 0 aliphatic carbocycles. The summed E-state index contributed by atoms with van der Waals surface area (Å²) >= 11 is 6.05. The molecule has 2 aliphatic rings. The van der Waals surface area contributed by atoms with Crippen molar-refractivity contribution in [2.75, 3.05) is 19.6 Å². The zero-order valence-corrected chi connectivity index (χ0v) is 13.0. The molecule has 0 radical (unpaired) electrons. The maximum absolute atomic E-state index is 12.7. The molecule has 2 fully saturated rings. The van der Waals surface area contributed by atoms with Crippen molar-refractivity contribution in [3.63, 3.8) is 0 Å². The summed E-state index contributed by atoms with van der Waals surface area (Å²) in [4.78, 5) is 0.0850. The second-order valence-corrected chi connectivity index (χ2v) is 7.86. The van der Waals surface area contributed by atoms with Crippen molar-refractivity contribution < 1.29 is 8.42 Å². The fraction of sp³-hybridized carbons (Fsp3) is 0.500. The fourth-order valence-electron chi connectivity index (χ4n) is 3.12. The summed E-state index contributed by atoms with van der Waals surface area (Å²) in [5, 5.41) is 12.3. The molecule has 112 valence electrons. The molecule has 0 bridgehead atoms. The van der Waals surface area contributed by atoms with Gasteiger partial charge in [0.2, 0.25) is 10.0 Å². The summed E-state index contributed by atoms with van der Waals surface area (Å²) in [7, 11) is -3.60. The minimum Gasteiger partial charge on any atom is -0.312 e. The number of benzene rings is 1. The van der Waals surface area contributed by atoms with Crippen LogP contribution in [0.2, 0.25) is 5.02 Å². The molecule has 0 spiro atoms. The van der Waals surface area contributed by atoms with E-state index in [0.29, 0.717) is 24.6 Å². The van der Waals surface area contributed by atoms with E-state index in [9.17, 15) is 8.42 Å². The summed E-state index contributed by atoms with van der Waals surface area (Å²) < 4.78 is 27.0. The molecular weight excluding hydrogens is 310 g/mol. The number of halogens is 1. The third-order valence-corrected chi connectivity index (χ3v) is 6.56. The van der Waals surface area contributed by atoms with E-state index in [-0.39, 0.29) is 16.0 Å². The van der Waals surface area contributed by atoms with Gasteiger partial charge in [0.1, 0.15) is 4.90 Å². The van der Waals surface area contributed by atoms with Gasteiger partial charge in [0.05, 0.1) is 16.7 Å². The summed E-state index contributed by atoms with van der Waals surface area (Å²) in [6.07, 6.45) is 2.15. The van der Waals surface area contributed by atoms with Crippen molar-refractivity contribution >= 4 is 21.6 Å². The summed E-state index contributed by atoms with van der Waals surface area (Å²) in [6, 6.07) is 6.50. The molecule has 2 saturated heterocycles. The van der Waals surface area contributed by atoms with E-state index in [2.05, 4.69) is 5.32 Å². The molecule has 21 heavy (non-hydrogen) atoms. The van der Waals surface area contributed by atoms with Gasteiger partial charge in [-0.25, -0.2) is 8.42 Å². The highest BCUT2D eigenvalue weighted by molar-refractivity contribution is 7.89. The molecule has 2 aliphatic heterocycles. The summed E-state index contributed by atoms with van der Waals surface area (Å²) in [5.74, 6) is 0.380. The third-order valence-electron chi connectivity index (χ3n) is 4.24. The van der Waals surface area contributed by atoms with Crippen LogP contribution >= 0.6 is 11.6 Å². The highest BCUT2D eigenvalue weighted by Gasteiger charge is 2.40. The molecule has 5 nitrogen and oxygen atoms in total. The Morgan fingerprint density at radius 3 is 2.86 bits per heavy atom. The van der Waals surface area contributed by atoms with Gasteiger partial charge in [-0.05, 0) is 43.5 Å². The maximum Gasteiger partial charge on any atom is 0.244 e. The second kappa shape index (κ2) is 5.58. The number of hydrogen-bond donors (Lipinski definition) is 1. The molecule has 1 aromatic rings. The Morgan fingerprint density at radius 2 is 2.19 bits per heavy atom. The van der Waals surface area contributed by atoms with Gasteiger partial charge < -0.3 is 5.32 Å². The van der Waals surface area contributed by atoms with Gasteiger partial charge >= 0.3 is 0 Å². The number of nitriles is 1. The van der Waals surface area contributed by atoms with Crippen molar-refractivity contribution in [2.45, 2.75) is 23.8 Å². The second-order valence-electron chi connectivity index (χ2n) is 5.54. The van der Waals surface area contributed by atoms with Gasteiger partial charge in [0.25, 0.3) is 0 Å². The first-order valence-electron chi connectivity index (χ1n) is 6.95. The van der Waals surface area contributed by atoms with Gasteiger partial charge in [0.15, 0.2) is 0 Å². The lowest BCUT2D eigenvalue weighted by molar-refractivity contribution is 0.339. The lowest BCUT2D eigenvalue weighted by Crippen LogP contribution is -2.41. The summed E-state index contributed by atoms with van der Waals surface area (Å²) in [6.45, 7) is 1.98. The van der Waals surface area contributed by atoms with E-state index in [4.69, 9.17) is 16.9 Å². The van der Waals surface area contributed by atoms with Gasteiger partial charge in [-0.1, -0.05) is 11.6 Å². The van der Waals surface area contributed by atoms with E-state index in [1.807, 2.05) is 6.07 Å². The molecule has 2 heterocycles. The van der Waals surface area contributed by atoms with Crippen LogP contribution in [0.3, 0.4) is 0 Å². The predicted molar refractivity (Wildman–Crippen MR) is 79.4 cm³/mol. The molecule has 0 amide bonds. The topological polar surface area (TPSA) is 73.2 Å². The van der Waals surface area contributed by atoms with Crippen LogP contribution in [0.15, 0.2) is 23.1 Å². The number of nitrogens with zero attached hydrogens (tertiary/aromatic N) is 2. The monoisotopic (exact) mass is 325 g/mol. The minimum atomic E-state index is -3.60. The maximum atomic E-state index is 12.7. The zero-order chi connectivity index (χ0) is 15.0. The Bertz CT molecular complexity index is 685. The molecular formula is C14H16ClN3O2S. The van der Waals surface area contributed by atoms with Crippen molar-refractivity contribution in [3.8, 4) is 6.07 Å². The first kappa shape index (κ1) is 14.8. The SMILES string of the molecule is N#Cc1ccc(S(=O)(=O)N2CC3CCCNC3C2)c(Cl)c1. The number of piperidine rings is 1. The van der Waals surface area contributed by atoms with Crippen LogP contribution in [0.4, 0.5) is 0 Å². The number of nitrogens with one attached hydrogen (secondary N) is 1. The van der Waals surface area contributed by atoms with E-state index in [1.54, 1.807) is 0 Å². The molecule has 1 aromatic carbocycles. The lowest BCUT2D eigenvalue weighted by Gasteiger charge is -2.24. The van der Waals surface area contributed by atoms with Crippen LogP contribution in [0.5, 0.6) is 0 Å². The van der Waals surface area contributed by atoms with E-state index >= 15 is 0 Å². The van der Waals surface area contributed by atoms with Crippen molar-refractivity contribution in [1.29, 1.82) is 5.26 Å². The zero-order valence-electron chi connectivity index (χ0n) is 11.4. The Kier molecular flexibility index (Phi) is 3.93. The Hall–Kier alpha value is -1.13. The average molecular weight is 326 g/mol. The number of sulfonamides is 1. The van der Waals surface area contributed by atoms with Crippen LogP contribution in [0.1, 0.15) is 18.4 Å². The predicted octanol–water partition coefficient (Wildman–Crippen LogP) is 1.58. The van der Waals surface area contributed by atoms with E-state index in [1.165, 1.54) is 22.5 Å². The van der Waals surface area contributed by atoms with E-state index < -0.39 is 10.0 Å². The largest absolute Gasteiger partial charge is 0.312 e. The Morgan fingerprint density at radius 1 is 1.38 bits per heavy atom. The summed E-state index contributed by atoms with van der Waals surface area (Å²) in [5.41, 5.74) is 0.357. The van der Waals surface area contributed by atoms with Crippen molar-refractivity contribution in [3.05, 3.63) is 28.8 Å². The van der Waals surface area contributed by atoms with Gasteiger partial charge in [-0.2, -0.15) is 9.57 Å². The minimum absolute atomic E-state index is 0.0850. The van der Waals surface area contributed by atoms with Gasteiger partial charge in [-0.3, -0.25) is 0 Å². The number of fused-ring (bicyclic) bond motifs is 1. The number of rotatable bonds is 2. The van der Waals surface area contributed by atoms with Crippen LogP contribution < -0.4 is 5.32 Å². The third kappa shape index (κ3) is 2.67. The van der Waals surface area contributed by atoms with Crippen molar-refractivity contribution in [2.24, 2.45) is 5.92 Å². The molecule has 7 heteroatoms. The van der Waals surface area contributed by atoms with Gasteiger partial charge in [0, 0.05) is 19.1 Å². The fourth-order valence-corrected chi connectivity index (χ4v) is 5.16. The highest BCUT2D eigenvalue weighted by atomic mass is 35.5. The molecule has 2 unspecified atom stereocenters. The molecule has 0 saturated carbocycles. The van der Waals surface area contributed by atoms with Crippen LogP contribution in [-0.2, 0) is 10.0 Å². The average Bonchev–Trinajstić information content (AvgIpc) is 2.91.